The van der Waals surface area contributed by atoms with Crippen LogP contribution in [0.5, 0.6) is 0 Å². The van der Waals surface area contributed by atoms with Gasteiger partial charge in [0.05, 0.1) is 6.08 Å². The summed E-state index contributed by atoms with van der Waals surface area (Å²) >= 11 is 0. The van der Waals surface area contributed by atoms with E-state index in [-0.39, 0.29) is 5.76 Å². The minimum absolute atomic E-state index is 0.217. The Kier molecular flexibility index (Phi) is 4.90. The van der Waals surface area contributed by atoms with Gasteiger partial charge < -0.3 is 10.2 Å². The average molecular weight is 156 g/mol. The summed E-state index contributed by atoms with van der Waals surface area (Å²) in [5.41, 5.74) is 0. The molecule has 0 fully saturated rings. The maximum Gasteiger partial charge on any atom is 0.332 e. The Balaban J connectivity index is 3.85. The van der Waals surface area contributed by atoms with Crippen molar-refractivity contribution in [1.29, 1.82) is 0 Å². The molecule has 0 aliphatic heterocycles. The summed E-state index contributed by atoms with van der Waals surface area (Å²) in [6.07, 6.45) is 5.70. The quantitative estimate of drug-likeness (QED) is 0.371. The van der Waals surface area contributed by atoms with Gasteiger partial charge in [-0.1, -0.05) is 19.4 Å². The van der Waals surface area contributed by atoms with Gasteiger partial charge >= 0.3 is 5.97 Å². The van der Waals surface area contributed by atoms with Crippen molar-refractivity contribution >= 4 is 5.97 Å². The molecule has 2 N–H and O–H groups in total. The van der Waals surface area contributed by atoms with Gasteiger partial charge in [-0.2, -0.15) is 0 Å². The van der Waals surface area contributed by atoms with E-state index in [1.54, 1.807) is 6.08 Å². The van der Waals surface area contributed by atoms with E-state index >= 15 is 0 Å². The van der Waals surface area contributed by atoms with Gasteiger partial charge in [0.25, 0.3) is 0 Å². The molecule has 3 heteroatoms. The van der Waals surface area contributed by atoms with Crippen molar-refractivity contribution in [2.75, 3.05) is 0 Å². The topological polar surface area (TPSA) is 57.5 Å². The van der Waals surface area contributed by atoms with Gasteiger partial charge in [-0.05, 0) is 12.5 Å². The number of aliphatic carboxylic acids is 1. The van der Waals surface area contributed by atoms with E-state index in [4.69, 9.17) is 10.2 Å². The van der Waals surface area contributed by atoms with E-state index in [0.29, 0.717) is 0 Å². The summed E-state index contributed by atoms with van der Waals surface area (Å²) in [4.78, 5) is 9.97. The number of unbranched alkanes of at least 4 members (excludes halogenated alkanes) is 1. The Labute approximate surface area is 65.7 Å². The number of carboxylic acid groups (broad SMARTS) is 1. The molecule has 0 saturated carbocycles. The van der Waals surface area contributed by atoms with Crippen molar-refractivity contribution in [3.05, 3.63) is 24.0 Å². The number of carbonyl (C=O) groups is 1. The SMILES string of the molecule is CCCC=CC(O)=CC(=O)O. The van der Waals surface area contributed by atoms with Crippen LogP contribution in [0.3, 0.4) is 0 Å². The number of hydrogen-bond acceptors (Lipinski definition) is 2. The lowest BCUT2D eigenvalue weighted by Crippen LogP contribution is -1.89. The minimum Gasteiger partial charge on any atom is -0.508 e. The lowest BCUT2D eigenvalue weighted by Gasteiger charge is -1.87. The summed E-state index contributed by atoms with van der Waals surface area (Å²) < 4.78 is 0. The van der Waals surface area contributed by atoms with Crippen LogP contribution in [0.4, 0.5) is 0 Å². The molecule has 0 heterocycles. The van der Waals surface area contributed by atoms with Gasteiger partial charge in [0.2, 0.25) is 0 Å². The van der Waals surface area contributed by atoms with E-state index in [0.717, 1.165) is 18.9 Å². The molecule has 0 radical (unpaired) electrons. The molecule has 3 nitrogen and oxygen atoms in total. The summed E-state index contributed by atoms with van der Waals surface area (Å²) in [6.45, 7) is 2.00. The molecule has 62 valence electrons. The van der Waals surface area contributed by atoms with Gasteiger partial charge in [-0.15, -0.1) is 0 Å². The molecule has 0 aromatic rings. The second kappa shape index (κ2) is 5.53. The van der Waals surface area contributed by atoms with Crippen molar-refractivity contribution in [2.24, 2.45) is 0 Å². The van der Waals surface area contributed by atoms with Crippen molar-refractivity contribution in [1.82, 2.24) is 0 Å². The third kappa shape index (κ3) is 6.64. The molecule has 0 spiro atoms. The number of carboxylic acids is 1. The number of hydrogen-bond donors (Lipinski definition) is 2. The van der Waals surface area contributed by atoms with E-state index in [2.05, 4.69) is 0 Å². The molecule has 0 aromatic carbocycles. The second-order valence-electron chi connectivity index (χ2n) is 2.10. The number of rotatable bonds is 4. The third-order valence-corrected chi connectivity index (χ3v) is 1.02. The highest BCUT2D eigenvalue weighted by molar-refractivity contribution is 5.80. The number of aliphatic hydroxyl groups excluding tert-OH is 1. The van der Waals surface area contributed by atoms with Crippen LogP contribution in [-0.4, -0.2) is 16.2 Å². The zero-order chi connectivity index (χ0) is 8.69. The van der Waals surface area contributed by atoms with Crippen LogP contribution in [0.1, 0.15) is 19.8 Å². The molecule has 0 rings (SSSR count). The highest BCUT2D eigenvalue weighted by Gasteiger charge is 1.90. The lowest BCUT2D eigenvalue weighted by atomic mass is 10.3. The maximum absolute atomic E-state index is 9.97. The summed E-state index contributed by atoms with van der Waals surface area (Å²) in [5, 5.41) is 17.0. The van der Waals surface area contributed by atoms with E-state index in [1.807, 2.05) is 6.92 Å². The first-order valence-electron chi connectivity index (χ1n) is 3.47. The van der Waals surface area contributed by atoms with Crippen LogP contribution >= 0.6 is 0 Å². The zero-order valence-corrected chi connectivity index (χ0v) is 6.45. The van der Waals surface area contributed by atoms with Crippen molar-refractivity contribution in [2.45, 2.75) is 19.8 Å². The normalized spacial score (nSPS) is 12.3. The lowest BCUT2D eigenvalue weighted by molar-refractivity contribution is -0.131. The Morgan fingerprint density at radius 3 is 2.55 bits per heavy atom. The first-order chi connectivity index (χ1) is 5.16. The fraction of sp³-hybridized carbons (Fsp3) is 0.375. The standard InChI is InChI=1S/C8H12O3/c1-2-3-4-5-7(9)6-8(10)11/h4-6,9H,2-3H2,1H3,(H,10,11). The Morgan fingerprint density at radius 1 is 1.45 bits per heavy atom. The predicted molar refractivity (Wildman–Crippen MR) is 42.4 cm³/mol. The average Bonchev–Trinajstić information content (AvgIpc) is 1.86. The van der Waals surface area contributed by atoms with Gasteiger partial charge in [0.1, 0.15) is 5.76 Å². The van der Waals surface area contributed by atoms with E-state index < -0.39 is 5.97 Å². The number of allylic oxidation sites excluding steroid dienone is 2. The molecule has 0 amide bonds. The molecule has 0 bridgehead atoms. The van der Waals surface area contributed by atoms with Crippen LogP contribution in [0.15, 0.2) is 24.0 Å². The van der Waals surface area contributed by atoms with Crippen molar-refractivity contribution < 1.29 is 15.0 Å². The smallest absolute Gasteiger partial charge is 0.332 e. The second-order valence-corrected chi connectivity index (χ2v) is 2.10. The minimum atomic E-state index is -1.14. The highest BCUT2D eigenvalue weighted by atomic mass is 16.4. The molecule has 0 saturated heterocycles. The van der Waals surface area contributed by atoms with Gasteiger partial charge in [0.15, 0.2) is 0 Å². The molecule has 0 unspecified atom stereocenters. The number of aliphatic hydroxyl groups is 1. The van der Waals surface area contributed by atoms with Crippen molar-refractivity contribution in [3.8, 4) is 0 Å². The first-order valence-corrected chi connectivity index (χ1v) is 3.47. The molecule has 0 aliphatic carbocycles. The molecule has 11 heavy (non-hydrogen) atoms. The maximum atomic E-state index is 9.97. The van der Waals surface area contributed by atoms with Crippen LogP contribution in [0.25, 0.3) is 0 Å². The van der Waals surface area contributed by atoms with Crippen LogP contribution in [0, 0.1) is 0 Å². The van der Waals surface area contributed by atoms with Gasteiger partial charge in [-0.25, -0.2) is 4.79 Å². The van der Waals surface area contributed by atoms with Gasteiger partial charge in [0, 0.05) is 0 Å². The monoisotopic (exact) mass is 156 g/mol. The van der Waals surface area contributed by atoms with Crippen molar-refractivity contribution in [3.63, 3.8) is 0 Å². The predicted octanol–water partition coefficient (Wildman–Crippen LogP) is 1.87. The third-order valence-electron chi connectivity index (χ3n) is 1.02. The molecule has 0 aliphatic rings. The van der Waals surface area contributed by atoms with Gasteiger partial charge in [-0.3, -0.25) is 0 Å². The van der Waals surface area contributed by atoms with Crippen LogP contribution in [0.2, 0.25) is 0 Å². The van der Waals surface area contributed by atoms with E-state index in [9.17, 15) is 4.79 Å². The van der Waals surface area contributed by atoms with Crippen LogP contribution in [-0.2, 0) is 4.79 Å². The first kappa shape index (κ1) is 9.75. The van der Waals surface area contributed by atoms with Crippen LogP contribution < -0.4 is 0 Å². The fourth-order valence-corrected chi connectivity index (χ4v) is 0.545. The molecule has 0 atom stereocenters. The molecular formula is C8H12O3. The largest absolute Gasteiger partial charge is 0.508 e. The molecular weight excluding hydrogens is 144 g/mol. The summed E-state index contributed by atoms with van der Waals surface area (Å²) in [7, 11) is 0. The van der Waals surface area contributed by atoms with E-state index in [1.165, 1.54) is 6.08 Å². The summed E-state index contributed by atoms with van der Waals surface area (Å²) in [5.74, 6) is -1.35. The highest BCUT2D eigenvalue weighted by Crippen LogP contribution is 1.94. The zero-order valence-electron chi connectivity index (χ0n) is 6.45. The molecule has 0 aromatic heterocycles. The Bertz CT molecular complexity index is 180. The Morgan fingerprint density at radius 2 is 2.09 bits per heavy atom. The Hall–Kier alpha value is -1.25. The fourth-order valence-electron chi connectivity index (χ4n) is 0.545. The summed E-state index contributed by atoms with van der Waals surface area (Å²) in [6, 6.07) is 0.